The van der Waals surface area contributed by atoms with Crippen molar-refractivity contribution < 1.29 is 13.2 Å². The summed E-state index contributed by atoms with van der Waals surface area (Å²) in [4.78, 5) is 16.6. The van der Waals surface area contributed by atoms with E-state index in [9.17, 15) is 13.2 Å². The fraction of sp³-hybridized carbons (Fsp3) is 0.429. The molecule has 1 aliphatic heterocycles. The van der Waals surface area contributed by atoms with Gasteiger partial charge in [-0.2, -0.15) is 0 Å². The summed E-state index contributed by atoms with van der Waals surface area (Å²) in [5.74, 6) is -0.252. The van der Waals surface area contributed by atoms with Crippen molar-refractivity contribution in [1.82, 2.24) is 13.7 Å². The maximum Gasteiger partial charge on any atom is 0.227 e. The van der Waals surface area contributed by atoms with Crippen molar-refractivity contribution in [3.63, 3.8) is 0 Å². The SMILES string of the molecule is CS(=O)(=O)N1CCC(C(=O)Nc2cccn3ccnc23)CC1. The normalized spacial score (nSPS) is 17.7. The smallest absolute Gasteiger partial charge is 0.227 e. The summed E-state index contributed by atoms with van der Waals surface area (Å²) in [6, 6.07) is 3.66. The predicted molar refractivity (Wildman–Crippen MR) is 83.0 cm³/mol. The lowest BCUT2D eigenvalue weighted by Gasteiger charge is -2.29. The van der Waals surface area contributed by atoms with Gasteiger partial charge in [0, 0.05) is 37.6 Å². The molecule has 0 unspecified atom stereocenters. The topological polar surface area (TPSA) is 83.8 Å². The van der Waals surface area contributed by atoms with E-state index in [1.165, 1.54) is 10.6 Å². The average Bonchev–Trinajstić information content (AvgIpc) is 2.96. The number of rotatable bonds is 3. The second-order valence-corrected chi connectivity index (χ2v) is 7.49. The minimum Gasteiger partial charge on any atom is -0.323 e. The Balaban J connectivity index is 1.67. The van der Waals surface area contributed by atoms with E-state index in [0.717, 1.165) is 0 Å². The van der Waals surface area contributed by atoms with E-state index >= 15 is 0 Å². The number of piperidine rings is 1. The van der Waals surface area contributed by atoms with Crippen molar-refractivity contribution in [2.75, 3.05) is 24.7 Å². The molecule has 1 amide bonds. The van der Waals surface area contributed by atoms with Gasteiger partial charge in [-0.15, -0.1) is 0 Å². The molecule has 0 radical (unpaired) electrons. The van der Waals surface area contributed by atoms with Crippen LogP contribution in [0.15, 0.2) is 30.7 Å². The van der Waals surface area contributed by atoms with E-state index in [2.05, 4.69) is 10.3 Å². The molecule has 2 aromatic heterocycles. The van der Waals surface area contributed by atoms with Crippen LogP contribution in [-0.2, 0) is 14.8 Å². The number of anilines is 1. The minimum atomic E-state index is -3.17. The first-order chi connectivity index (χ1) is 10.4. The van der Waals surface area contributed by atoms with Gasteiger partial charge in [-0.25, -0.2) is 17.7 Å². The summed E-state index contributed by atoms with van der Waals surface area (Å²) in [6.45, 7) is 0.787. The van der Waals surface area contributed by atoms with Crippen LogP contribution in [0.1, 0.15) is 12.8 Å². The van der Waals surface area contributed by atoms with Crippen LogP contribution in [0.25, 0.3) is 5.65 Å². The fourth-order valence-corrected chi connectivity index (χ4v) is 3.60. The van der Waals surface area contributed by atoms with Crippen LogP contribution in [0, 0.1) is 5.92 Å². The van der Waals surface area contributed by atoms with Gasteiger partial charge in [0.15, 0.2) is 5.65 Å². The summed E-state index contributed by atoms with van der Waals surface area (Å²) in [5.41, 5.74) is 1.37. The first-order valence-corrected chi connectivity index (χ1v) is 8.97. The average molecular weight is 322 g/mol. The Bertz CT molecular complexity index is 791. The highest BCUT2D eigenvalue weighted by molar-refractivity contribution is 7.88. The first-order valence-electron chi connectivity index (χ1n) is 7.13. The predicted octanol–water partition coefficient (Wildman–Crippen LogP) is 0.944. The Morgan fingerprint density at radius 3 is 2.73 bits per heavy atom. The third-order valence-electron chi connectivity index (χ3n) is 3.97. The summed E-state index contributed by atoms with van der Waals surface area (Å²) >= 11 is 0. The van der Waals surface area contributed by atoms with Gasteiger partial charge in [-0.1, -0.05) is 0 Å². The molecule has 1 N–H and O–H groups in total. The van der Waals surface area contributed by atoms with Crippen molar-refractivity contribution in [3.05, 3.63) is 30.7 Å². The molecule has 0 aromatic carbocycles. The van der Waals surface area contributed by atoms with Gasteiger partial charge in [0.1, 0.15) is 0 Å². The van der Waals surface area contributed by atoms with Gasteiger partial charge in [-0.05, 0) is 25.0 Å². The molecular weight excluding hydrogens is 304 g/mol. The van der Waals surface area contributed by atoms with Gasteiger partial charge >= 0.3 is 0 Å². The number of sulfonamides is 1. The summed E-state index contributed by atoms with van der Waals surface area (Å²) in [7, 11) is -3.17. The second kappa shape index (κ2) is 5.69. The zero-order valence-corrected chi connectivity index (χ0v) is 13.1. The number of nitrogens with one attached hydrogen (secondary N) is 1. The van der Waals surface area contributed by atoms with Crippen LogP contribution < -0.4 is 5.32 Å². The molecule has 2 aromatic rings. The largest absolute Gasteiger partial charge is 0.323 e. The zero-order valence-electron chi connectivity index (χ0n) is 12.3. The number of carbonyl (C=O) groups is 1. The van der Waals surface area contributed by atoms with Crippen molar-refractivity contribution in [2.24, 2.45) is 5.92 Å². The van der Waals surface area contributed by atoms with Crippen molar-refractivity contribution in [2.45, 2.75) is 12.8 Å². The van der Waals surface area contributed by atoms with Crippen molar-refractivity contribution in [3.8, 4) is 0 Å². The van der Waals surface area contributed by atoms with Crippen LogP contribution in [0.5, 0.6) is 0 Å². The summed E-state index contributed by atoms with van der Waals surface area (Å²) in [6.07, 6.45) is 7.63. The molecule has 8 heteroatoms. The van der Waals surface area contributed by atoms with Crippen LogP contribution in [0.3, 0.4) is 0 Å². The molecule has 0 spiro atoms. The van der Waals surface area contributed by atoms with Crippen LogP contribution in [0.2, 0.25) is 0 Å². The highest BCUT2D eigenvalue weighted by Crippen LogP contribution is 2.22. The number of carbonyl (C=O) groups excluding carboxylic acids is 1. The number of amides is 1. The third-order valence-corrected chi connectivity index (χ3v) is 5.27. The molecular formula is C14H18N4O3S. The Morgan fingerprint density at radius 1 is 1.32 bits per heavy atom. The fourth-order valence-electron chi connectivity index (χ4n) is 2.73. The molecule has 0 bridgehead atoms. The third kappa shape index (κ3) is 2.97. The zero-order chi connectivity index (χ0) is 15.7. The highest BCUT2D eigenvalue weighted by Gasteiger charge is 2.29. The number of pyridine rings is 1. The van der Waals surface area contributed by atoms with Crippen LogP contribution in [-0.4, -0.2) is 47.4 Å². The number of imidazole rings is 1. The quantitative estimate of drug-likeness (QED) is 0.912. The lowest BCUT2D eigenvalue weighted by Crippen LogP contribution is -2.40. The van der Waals surface area contributed by atoms with Crippen LogP contribution >= 0.6 is 0 Å². The van der Waals surface area contributed by atoms with Gasteiger partial charge in [0.25, 0.3) is 0 Å². The Labute approximate surface area is 129 Å². The molecule has 3 rings (SSSR count). The number of hydrogen-bond acceptors (Lipinski definition) is 4. The monoisotopic (exact) mass is 322 g/mol. The number of aromatic nitrogens is 2. The molecule has 0 aliphatic carbocycles. The van der Waals surface area contributed by atoms with Crippen molar-refractivity contribution in [1.29, 1.82) is 0 Å². The van der Waals surface area contributed by atoms with E-state index in [-0.39, 0.29) is 11.8 Å². The van der Waals surface area contributed by atoms with Gasteiger partial charge in [-0.3, -0.25) is 4.79 Å². The Kier molecular flexibility index (Phi) is 3.88. The summed E-state index contributed by atoms with van der Waals surface area (Å²) < 4.78 is 26.2. The molecule has 7 nitrogen and oxygen atoms in total. The minimum absolute atomic E-state index is 0.0794. The maximum atomic E-state index is 12.4. The molecule has 0 saturated carbocycles. The number of fused-ring (bicyclic) bond motifs is 1. The molecule has 3 heterocycles. The maximum absolute atomic E-state index is 12.4. The molecule has 0 atom stereocenters. The lowest BCUT2D eigenvalue weighted by atomic mass is 9.97. The molecule has 1 fully saturated rings. The molecule has 1 aliphatic rings. The van der Waals surface area contributed by atoms with E-state index in [4.69, 9.17) is 0 Å². The second-order valence-electron chi connectivity index (χ2n) is 5.51. The van der Waals surface area contributed by atoms with E-state index in [0.29, 0.717) is 37.3 Å². The van der Waals surface area contributed by atoms with E-state index in [1.54, 1.807) is 6.20 Å². The molecule has 22 heavy (non-hydrogen) atoms. The molecule has 118 valence electrons. The van der Waals surface area contributed by atoms with Gasteiger partial charge in [0.2, 0.25) is 15.9 Å². The Morgan fingerprint density at radius 2 is 2.05 bits per heavy atom. The van der Waals surface area contributed by atoms with Crippen LogP contribution in [0.4, 0.5) is 5.69 Å². The lowest BCUT2D eigenvalue weighted by molar-refractivity contribution is -0.120. The number of hydrogen-bond donors (Lipinski definition) is 1. The molecule has 1 saturated heterocycles. The van der Waals surface area contributed by atoms with Gasteiger partial charge in [0.05, 0.1) is 11.9 Å². The highest BCUT2D eigenvalue weighted by atomic mass is 32.2. The van der Waals surface area contributed by atoms with E-state index in [1.807, 2.05) is 28.9 Å². The van der Waals surface area contributed by atoms with E-state index < -0.39 is 10.0 Å². The summed E-state index contributed by atoms with van der Waals surface area (Å²) in [5, 5.41) is 2.90. The Hall–Kier alpha value is -1.93. The standard InChI is InChI=1S/C14H18N4O3S/c1-22(20,21)18-8-4-11(5-9-18)14(19)16-12-3-2-7-17-10-6-15-13(12)17/h2-3,6-7,10-11H,4-5,8-9H2,1H3,(H,16,19). The van der Waals surface area contributed by atoms with Gasteiger partial charge < -0.3 is 9.72 Å². The number of nitrogens with zero attached hydrogens (tertiary/aromatic N) is 3. The van der Waals surface area contributed by atoms with Crippen molar-refractivity contribution >= 4 is 27.3 Å². The first kappa shape index (κ1) is 15.0.